The fourth-order valence-corrected chi connectivity index (χ4v) is 5.75. The number of nitrogens with one attached hydrogen (secondary N) is 1. The third kappa shape index (κ3) is 3.79. The van der Waals surface area contributed by atoms with Crippen molar-refractivity contribution in [2.75, 3.05) is 5.32 Å². The topological polar surface area (TPSA) is 131 Å². The van der Waals surface area contributed by atoms with E-state index in [2.05, 4.69) is 19.6 Å². The average Bonchev–Trinajstić information content (AvgIpc) is 3.33. The molecule has 2 aliphatic carbocycles. The van der Waals surface area contributed by atoms with Crippen LogP contribution in [-0.4, -0.2) is 25.3 Å². The quantitative estimate of drug-likeness (QED) is 0.676. The van der Waals surface area contributed by atoms with Gasteiger partial charge < -0.3 is 10.4 Å². The molecule has 0 fully saturated rings. The molecule has 2 aromatic rings. The summed E-state index contributed by atoms with van der Waals surface area (Å²) < 4.78 is 30.8. The maximum Gasteiger partial charge on any atom is 0.354 e. The Balaban J connectivity index is 1.66. The van der Waals surface area contributed by atoms with Crippen LogP contribution in [0.1, 0.15) is 60.4 Å². The lowest BCUT2D eigenvalue weighted by molar-refractivity contribution is 0.0783. The van der Waals surface area contributed by atoms with Crippen molar-refractivity contribution in [3.8, 4) is 0 Å². The number of hydrogen-bond donors (Lipinski definition) is 3. The Morgan fingerprint density at radius 2 is 2.17 bits per heavy atom. The second-order valence-corrected chi connectivity index (χ2v) is 10.8. The van der Waals surface area contributed by atoms with E-state index in [-0.39, 0.29) is 4.21 Å². The van der Waals surface area contributed by atoms with Crippen LogP contribution >= 0.6 is 11.3 Å². The number of hydrogen-bond acceptors (Lipinski definition) is 6. The van der Waals surface area contributed by atoms with Gasteiger partial charge >= 0.3 is 6.03 Å². The number of nitrogens with two attached hydrogens (primary N) is 1. The van der Waals surface area contributed by atoms with Crippen molar-refractivity contribution < 1.29 is 18.5 Å². The van der Waals surface area contributed by atoms with Crippen molar-refractivity contribution in [1.82, 2.24) is 9.97 Å². The minimum Gasteiger partial charge on any atom is -0.383 e. The highest BCUT2D eigenvalue weighted by Gasteiger charge is 2.32. The van der Waals surface area contributed by atoms with Gasteiger partial charge in [-0.05, 0) is 51.5 Å². The summed E-state index contributed by atoms with van der Waals surface area (Å²) in [6.07, 6.45) is 3.30. The molecule has 11 heteroatoms. The van der Waals surface area contributed by atoms with Gasteiger partial charge in [0.2, 0.25) is 0 Å². The highest BCUT2D eigenvalue weighted by molar-refractivity contribution is 7.93. The van der Waals surface area contributed by atoms with Crippen molar-refractivity contribution in [3.05, 3.63) is 33.7 Å². The number of alkyl halides is 1. The SMILES string of the molecule is CC(C)(O)c1ncc(S(N)(=O)=NC(=O)Nc2c3c(nc4c2CC[C@H]4F)CCC3)s1. The number of aryl methyl sites for hydroxylation is 1. The van der Waals surface area contributed by atoms with Crippen LogP contribution in [-0.2, 0) is 34.8 Å². The normalized spacial score (nSPS) is 20.1. The number of amides is 2. The summed E-state index contributed by atoms with van der Waals surface area (Å²) in [6, 6.07) is -0.861. The molecule has 4 rings (SSSR count). The number of anilines is 1. The maximum atomic E-state index is 14.2. The van der Waals surface area contributed by atoms with Gasteiger partial charge in [0.15, 0.2) is 9.92 Å². The van der Waals surface area contributed by atoms with E-state index in [4.69, 9.17) is 5.14 Å². The first-order chi connectivity index (χ1) is 13.6. The summed E-state index contributed by atoms with van der Waals surface area (Å²) >= 11 is 0.941. The van der Waals surface area contributed by atoms with Crippen molar-refractivity contribution in [1.29, 1.82) is 0 Å². The summed E-state index contributed by atoms with van der Waals surface area (Å²) in [5.41, 5.74) is 2.08. The molecule has 0 aliphatic heterocycles. The van der Waals surface area contributed by atoms with Gasteiger partial charge in [0.25, 0.3) is 0 Å². The molecule has 29 heavy (non-hydrogen) atoms. The number of fused-ring (bicyclic) bond motifs is 2. The second kappa shape index (κ2) is 7.08. The van der Waals surface area contributed by atoms with Crippen LogP contribution in [0.2, 0.25) is 0 Å². The zero-order valence-electron chi connectivity index (χ0n) is 16.1. The molecule has 2 heterocycles. The van der Waals surface area contributed by atoms with Crippen LogP contribution in [0.3, 0.4) is 0 Å². The summed E-state index contributed by atoms with van der Waals surface area (Å²) in [6.45, 7) is 3.08. The van der Waals surface area contributed by atoms with Gasteiger partial charge in [0.05, 0.1) is 17.6 Å². The number of carbonyl (C=O) groups excluding carboxylic acids is 1. The molecule has 0 aromatic carbocycles. The van der Waals surface area contributed by atoms with Gasteiger partial charge in [-0.2, -0.15) is 0 Å². The first-order valence-electron chi connectivity index (χ1n) is 9.29. The van der Waals surface area contributed by atoms with E-state index in [9.17, 15) is 18.5 Å². The molecule has 8 nitrogen and oxygen atoms in total. The number of rotatable bonds is 3. The smallest absolute Gasteiger partial charge is 0.354 e. The van der Waals surface area contributed by atoms with Crippen LogP contribution in [0.4, 0.5) is 14.9 Å². The Kier molecular flexibility index (Phi) is 4.96. The van der Waals surface area contributed by atoms with Gasteiger partial charge in [0, 0.05) is 11.3 Å². The first-order valence-corrected chi connectivity index (χ1v) is 11.7. The number of thiazole rings is 1. The molecule has 2 amide bonds. The first kappa shape index (κ1) is 20.3. The van der Waals surface area contributed by atoms with E-state index in [1.165, 1.54) is 6.20 Å². The zero-order chi connectivity index (χ0) is 21.0. The van der Waals surface area contributed by atoms with Crippen LogP contribution < -0.4 is 10.5 Å². The molecular formula is C18H22FN5O3S2. The lowest BCUT2D eigenvalue weighted by Gasteiger charge is -2.14. The number of halogens is 1. The van der Waals surface area contributed by atoms with Crippen LogP contribution in [0.25, 0.3) is 0 Å². The lowest BCUT2D eigenvalue weighted by Crippen LogP contribution is -2.18. The summed E-state index contributed by atoms with van der Waals surface area (Å²) in [7, 11) is -3.54. The van der Waals surface area contributed by atoms with Gasteiger partial charge in [-0.15, -0.1) is 15.7 Å². The molecule has 156 valence electrons. The number of carbonyl (C=O) groups is 1. The molecule has 1 unspecified atom stereocenters. The van der Waals surface area contributed by atoms with E-state index >= 15 is 0 Å². The van der Waals surface area contributed by atoms with E-state index in [1.807, 2.05) is 0 Å². The fourth-order valence-electron chi connectivity index (χ4n) is 3.69. The second-order valence-electron chi connectivity index (χ2n) is 7.77. The molecular weight excluding hydrogens is 417 g/mol. The van der Waals surface area contributed by atoms with Crippen molar-refractivity contribution >= 4 is 33.0 Å². The summed E-state index contributed by atoms with van der Waals surface area (Å²) in [4.78, 5) is 21.0. The van der Waals surface area contributed by atoms with Crippen molar-refractivity contribution in [3.63, 3.8) is 0 Å². The monoisotopic (exact) mass is 439 g/mol. The van der Waals surface area contributed by atoms with Crippen molar-refractivity contribution in [2.24, 2.45) is 9.50 Å². The standard InChI is InChI=1S/C18H22FN5O3S2/c1-18(2,26)16-21-8-13(28-16)29(20,27)24-17(25)23-14-9-4-3-5-12(9)22-15-10(14)6-7-11(15)19/h8,11,26H,3-7H2,1-2H3,(H3,20,22,23,24,25,27)/t11-,29?/m1/s1. The van der Waals surface area contributed by atoms with Crippen LogP contribution in [0.5, 0.6) is 0 Å². The molecule has 0 saturated heterocycles. The minimum atomic E-state index is -3.54. The third-order valence-electron chi connectivity index (χ3n) is 5.05. The molecule has 2 aliphatic rings. The minimum absolute atomic E-state index is 0.0961. The Morgan fingerprint density at radius 1 is 1.41 bits per heavy atom. The van der Waals surface area contributed by atoms with Gasteiger partial charge in [-0.1, -0.05) is 0 Å². The molecule has 4 N–H and O–H groups in total. The molecule has 0 saturated carbocycles. The van der Waals surface area contributed by atoms with E-state index < -0.39 is 27.7 Å². The number of aromatic nitrogens is 2. The van der Waals surface area contributed by atoms with Crippen LogP contribution in [0, 0.1) is 0 Å². The largest absolute Gasteiger partial charge is 0.383 e. The number of urea groups is 1. The van der Waals surface area contributed by atoms with E-state index in [1.54, 1.807) is 13.8 Å². The maximum absolute atomic E-state index is 14.2. The Bertz CT molecular complexity index is 1120. The summed E-state index contributed by atoms with van der Waals surface area (Å²) in [5.74, 6) is 0. The van der Waals surface area contributed by atoms with E-state index in [0.717, 1.165) is 41.9 Å². The number of nitrogens with zero attached hydrogens (tertiary/aromatic N) is 3. The lowest BCUT2D eigenvalue weighted by atomic mass is 10.1. The summed E-state index contributed by atoms with van der Waals surface area (Å²) in [5, 5.41) is 18.8. The highest BCUT2D eigenvalue weighted by Crippen LogP contribution is 2.42. The van der Waals surface area contributed by atoms with E-state index in [0.29, 0.717) is 34.8 Å². The molecule has 0 spiro atoms. The zero-order valence-corrected chi connectivity index (χ0v) is 17.7. The Hall–Kier alpha value is -1.95. The molecule has 2 atom stereocenters. The molecule has 2 aromatic heterocycles. The number of pyridine rings is 1. The Morgan fingerprint density at radius 3 is 2.86 bits per heavy atom. The number of aliphatic hydroxyl groups is 1. The molecule has 0 radical (unpaired) electrons. The highest BCUT2D eigenvalue weighted by atomic mass is 32.2. The average molecular weight is 440 g/mol. The predicted molar refractivity (Wildman–Crippen MR) is 108 cm³/mol. The predicted octanol–water partition coefficient (Wildman–Crippen LogP) is 3.14. The Labute approximate surface area is 172 Å². The van der Waals surface area contributed by atoms with Gasteiger partial charge in [-0.25, -0.2) is 23.5 Å². The van der Waals surface area contributed by atoms with Crippen molar-refractivity contribution in [2.45, 2.75) is 61.9 Å². The van der Waals surface area contributed by atoms with Gasteiger partial charge in [0.1, 0.15) is 21.0 Å². The van der Waals surface area contributed by atoms with Gasteiger partial charge in [-0.3, -0.25) is 4.98 Å². The fraction of sp³-hybridized carbons (Fsp3) is 0.500. The molecule has 0 bridgehead atoms. The van der Waals surface area contributed by atoms with Crippen LogP contribution in [0.15, 0.2) is 14.8 Å². The third-order valence-corrected chi connectivity index (χ3v) is 8.24.